The molecule has 0 amide bonds. The molecule has 0 radical (unpaired) electrons. The van der Waals surface area contributed by atoms with Gasteiger partial charge >= 0.3 is 6.18 Å². The van der Waals surface area contributed by atoms with Crippen molar-refractivity contribution in [2.24, 2.45) is 0 Å². The Morgan fingerprint density at radius 2 is 2.00 bits per heavy atom. The number of nitrogens with one attached hydrogen (secondary N) is 1. The summed E-state index contributed by atoms with van der Waals surface area (Å²) >= 11 is 0. The van der Waals surface area contributed by atoms with Gasteiger partial charge in [0.25, 0.3) is 0 Å². The van der Waals surface area contributed by atoms with Crippen LogP contribution in [0.4, 0.5) is 13.2 Å². The third-order valence-corrected chi connectivity index (χ3v) is 0.368. The number of alkyl halides is 3. The first-order chi connectivity index (χ1) is 3.56. The van der Waals surface area contributed by atoms with Gasteiger partial charge in [0.1, 0.15) is 6.54 Å². The number of hydrogen-bond donors (Lipinski definition) is 1. The summed E-state index contributed by atoms with van der Waals surface area (Å²) in [7, 11) is 0. The highest BCUT2D eigenvalue weighted by Crippen LogP contribution is 2.11. The predicted octanol–water partition coefficient (Wildman–Crippen LogP) is 0.619. The molecule has 46 valence electrons. The number of nitriles is 1. The number of hydrogen-bond acceptors (Lipinski definition) is 2. The van der Waals surface area contributed by atoms with E-state index in [1.807, 2.05) is 0 Å². The maximum absolute atomic E-state index is 11.0. The van der Waals surface area contributed by atoms with Crippen molar-refractivity contribution >= 4 is 0 Å². The van der Waals surface area contributed by atoms with Gasteiger partial charge in [0.05, 0.1) is 0 Å². The largest absolute Gasteiger partial charge is 0.406 e. The lowest BCUT2D eigenvalue weighted by molar-refractivity contribution is -0.122. The SMILES string of the molecule is N#CNCC(F)(F)F. The molecule has 5 heteroatoms. The van der Waals surface area contributed by atoms with Crippen molar-refractivity contribution in [1.82, 2.24) is 5.32 Å². The molecule has 0 spiro atoms. The Bertz CT molecular complexity index is 100. The van der Waals surface area contributed by atoms with Crippen LogP contribution in [0.3, 0.4) is 0 Å². The normalized spacial score (nSPS) is 10.2. The van der Waals surface area contributed by atoms with Gasteiger partial charge in [0.2, 0.25) is 0 Å². The van der Waals surface area contributed by atoms with Crippen LogP contribution in [0, 0.1) is 11.5 Å². The molecule has 0 saturated carbocycles. The van der Waals surface area contributed by atoms with Crippen LogP contribution < -0.4 is 5.32 Å². The van der Waals surface area contributed by atoms with E-state index < -0.39 is 12.7 Å². The quantitative estimate of drug-likeness (QED) is 0.410. The van der Waals surface area contributed by atoms with E-state index in [0.717, 1.165) is 6.19 Å². The number of rotatable bonds is 1. The van der Waals surface area contributed by atoms with Crippen LogP contribution in [-0.2, 0) is 0 Å². The maximum atomic E-state index is 11.0. The van der Waals surface area contributed by atoms with Crippen molar-refractivity contribution in [1.29, 1.82) is 5.26 Å². The van der Waals surface area contributed by atoms with Gasteiger partial charge in [0, 0.05) is 0 Å². The fourth-order valence-electron chi connectivity index (χ4n) is 0.140. The number of nitrogens with zero attached hydrogens (tertiary/aromatic N) is 1. The second kappa shape index (κ2) is 2.40. The average Bonchev–Trinajstić information content (AvgIpc) is 1.59. The van der Waals surface area contributed by atoms with Crippen LogP contribution in [0.25, 0.3) is 0 Å². The lowest BCUT2D eigenvalue weighted by atomic mass is 10.6. The van der Waals surface area contributed by atoms with Crippen LogP contribution in [0.5, 0.6) is 0 Å². The lowest BCUT2D eigenvalue weighted by Crippen LogP contribution is -2.24. The minimum absolute atomic E-state index is 1.15. The van der Waals surface area contributed by atoms with Crippen molar-refractivity contribution in [3.63, 3.8) is 0 Å². The van der Waals surface area contributed by atoms with Gasteiger partial charge in [-0.05, 0) is 0 Å². The zero-order valence-corrected chi connectivity index (χ0v) is 3.79. The van der Waals surface area contributed by atoms with E-state index in [2.05, 4.69) is 0 Å². The zero-order chi connectivity index (χ0) is 6.62. The molecule has 0 aliphatic carbocycles. The summed E-state index contributed by atoms with van der Waals surface area (Å²) < 4.78 is 33.1. The Balaban J connectivity index is 3.28. The summed E-state index contributed by atoms with van der Waals surface area (Å²) in [4.78, 5) is 0. The predicted molar refractivity (Wildman–Crippen MR) is 19.7 cm³/mol. The first-order valence-corrected chi connectivity index (χ1v) is 1.75. The summed E-state index contributed by atoms with van der Waals surface area (Å²) in [5.41, 5.74) is 0. The first kappa shape index (κ1) is 7.08. The van der Waals surface area contributed by atoms with E-state index in [0.29, 0.717) is 0 Å². The topological polar surface area (TPSA) is 35.8 Å². The molecule has 0 unspecified atom stereocenters. The molecule has 0 saturated heterocycles. The third kappa shape index (κ3) is 5.08. The summed E-state index contributed by atoms with van der Waals surface area (Å²) in [6.45, 7) is -1.25. The molecule has 0 aliphatic rings. The Morgan fingerprint density at radius 1 is 1.50 bits per heavy atom. The van der Waals surface area contributed by atoms with Gasteiger partial charge in [-0.1, -0.05) is 0 Å². The van der Waals surface area contributed by atoms with E-state index in [1.165, 1.54) is 5.32 Å². The summed E-state index contributed by atoms with van der Waals surface area (Å²) in [6.07, 6.45) is -3.13. The zero-order valence-electron chi connectivity index (χ0n) is 3.79. The first-order valence-electron chi connectivity index (χ1n) is 1.75. The van der Waals surface area contributed by atoms with Crippen LogP contribution in [0.15, 0.2) is 0 Å². The van der Waals surface area contributed by atoms with Crippen molar-refractivity contribution in [2.75, 3.05) is 6.54 Å². The highest BCUT2D eigenvalue weighted by Gasteiger charge is 2.26. The van der Waals surface area contributed by atoms with Gasteiger partial charge in [-0.15, -0.1) is 0 Å². The van der Waals surface area contributed by atoms with Crippen LogP contribution in [0.1, 0.15) is 0 Å². The molecule has 0 heterocycles. The van der Waals surface area contributed by atoms with Gasteiger partial charge in [-0.25, -0.2) is 0 Å². The summed E-state index contributed by atoms with van der Waals surface area (Å²) in [5, 5.41) is 9.04. The summed E-state index contributed by atoms with van der Waals surface area (Å²) in [5.74, 6) is 0. The van der Waals surface area contributed by atoms with Crippen LogP contribution in [-0.4, -0.2) is 12.7 Å². The van der Waals surface area contributed by atoms with Crippen molar-refractivity contribution in [3.05, 3.63) is 0 Å². The van der Waals surface area contributed by atoms with Gasteiger partial charge in [0.15, 0.2) is 6.19 Å². The van der Waals surface area contributed by atoms with Crippen LogP contribution >= 0.6 is 0 Å². The van der Waals surface area contributed by atoms with Gasteiger partial charge < -0.3 is 5.32 Å². The van der Waals surface area contributed by atoms with Crippen molar-refractivity contribution in [3.8, 4) is 6.19 Å². The molecular formula is C3H3F3N2. The smallest absolute Gasteiger partial charge is 0.315 e. The molecule has 1 N–H and O–H groups in total. The average molecular weight is 124 g/mol. The van der Waals surface area contributed by atoms with Crippen molar-refractivity contribution in [2.45, 2.75) is 6.18 Å². The molecule has 0 fully saturated rings. The van der Waals surface area contributed by atoms with E-state index in [9.17, 15) is 13.2 Å². The van der Waals surface area contributed by atoms with E-state index in [4.69, 9.17) is 5.26 Å². The molecular weight excluding hydrogens is 121 g/mol. The molecule has 0 aromatic rings. The minimum Gasteiger partial charge on any atom is -0.315 e. The van der Waals surface area contributed by atoms with Crippen LogP contribution in [0.2, 0.25) is 0 Å². The third-order valence-electron chi connectivity index (χ3n) is 0.368. The number of halogens is 3. The maximum Gasteiger partial charge on any atom is 0.406 e. The van der Waals surface area contributed by atoms with E-state index in [-0.39, 0.29) is 0 Å². The minimum atomic E-state index is -4.28. The van der Waals surface area contributed by atoms with Gasteiger partial charge in [-0.3, -0.25) is 0 Å². The molecule has 0 bridgehead atoms. The monoisotopic (exact) mass is 124 g/mol. The second-order valence-electron chi connectivity index (χ2n) is 1.08. The highest BCUT2D eigenvalue weighted by molar-refractivity contribution is 4.67. The highest BCUT2D eigenvalue weighted by atomic mass is 19.4. The molecule has 0 aromatic heterocycles. The summed E-state index contributed by atoms with van der Waals surface area (Å²) in [6, 6.07) is 0. The van der Waals surface area contributed by atoms with Gasteiger partial charge in [-0.2, -0.15) is 18.4 Å². The Hall–Kier alpha value is -0.920. The fourth-order valence-corrected chi connectivity index (χ4v) is 0.140. The molecule has 0 rings (SSSR count). The van der Waals surface area contributed by atoms with Crippen molar-refractivity contribution < 1.29 is 13.2 Å². The second-order valence-corrected chi connectivity index (χ2v) is 1.08. The molecule has 0 aromatic carbocycles. The van der Waals surface area contributed by atoms with E-state index in [1.54, 1.807) is 0 Å². The standard InChI is InChI=1S/C3H3F3N2/c4-3(5,6)1-8-2-7/h8H,1H2. The Kier molecular flexibility index (Phi) is 2.13. The molecule has 0 aliphatic heterocycles. The molecule has 0 atom stereocenters. The molecule has 2 nitrogen and oxygen atoms in total. The Labute approximate surface area is 43.9 Å². The Morgan fingerprint density at radius 3 is 2.12 bits per heavy atom. The fraction of sp³-hybridized carbons (Fsp3) is 0.667. The lowest BCUT2D eigenvalue weighted by Gasteiger charge is -2.00. The molecule has 8 heavy (non-hydrogen) atoms. The van der Waals surface area contributed by atoms with E-state index >= 15 is 0 Å².